The fourth-order valence-electron chi connectivity index (χ4n) is 2.89. The molecule has 0 spiro atoms. The summed E-state index contributed by atoms with van der Waals surface area (Å²) in [5, 5.41) is 33.5. The number of nitrogens with zero attached hydrogens (tertiary/aromatic N) is 1. The maximum absolute atomic E-state index is 10.2. The van der Waals surface area contributed by atoms with Crippen molar-refractivity contribution in [3.63, 3.8) is 0 Å². The minimum atomic E-state index is -0.883. The monoisotopic (exact) mass is 272 g/mol. The standard InChI is InChI=1S/C12H20N2O3S/c1-13-7-4-6-8(14-7)10(16)11(17)12(18-6)9(15)5-2-3-5/h5-6,8-12,15-17H,2-4H2,1H3,(H,13,14)/t6-,8+,9+,10-,11+,12?/m1/s1. The van der Waals surface area contributed by atoms with Gasteiger partial charge in [-0.3, -0.25) is 4.99 Å². The average molecular weight is 272 g/mol. The Hall–Kier alpha value is -0.300. The Kier molecular flexibility index (Phi) is 3.30. The van der Waals surface area contributed by atoms with Crippen molar-refractivity contribution in [1.29, 1.82) is 0 Å². The molecule has 2 aliphatic heterocycles. The Balaban J connectivity index is 1.74. The van der Waals surface area contributed by atoms with Crippen LogP contribution in [-0.2, 0) is 0 Å². The minimum absolute atomic E-state index is 0.171. The number of thioether (sulfide) groups is 1. The molecule has 2 heterocycles. The van der Waals surface area contributed by atoms with Crippen LogP contribution in [0.15, 0.2) is 4.99 Å². The molecule has 3 rings (SSSR count). The van der Waals surface area contributed by atoms with Gasteiger partial charge in [0.2, 0.25) is 0 Å². The van der Waals surface area contributed by atoms with E-state index >= 15 is 0 Å². The number of aliphatic hydroxyl groups excluding tert-OH is 3. The van der Waals surface area contributed by atoms with Crippen molar-refractivity contribution in [3.8, 4) is 0 Å². The molecule has 3 aliphatic rings. The summed E-state index contributed by atoms with van der Waals surface area (Å²) < 4.78 is 0. The molecule has 0 aromatic rings. The molecular formula is C12H20N2O3S. The van der Waals surface area contributed by atoms with Crippen LogP contribution in [0.25, 0.3) is 0 Å². The zero-order valence-electron chi connectivity index (χ0n) is 10.4. The molecule has 0 radical (unpaired) electrons. The molecule has 1 aliphatic carbocycles. The molecule has 1 saturated carbocycles. The average Bonchev–Trinajstić information content (AvgIpc) is 3.13. The van der Waals surface area contributed by atoms with E-state index in [4.69, 9.17) is 0 Å². The van der Waals surface area contributed by atoms with Gasteiger partial charge in [0, 0.05) is 18.7 Å². The highest BCUT2D eigenvalue weighted by Gasteiger charge is 2.51. The molecule has 102 valence electrons. The van der Waals surface area contributed by atoms with Gasteiger partial charge >= 0.3 is 0 Å². The van der Waals surface area contributed by atoms with E-state index in [2.05, 4.69) is 10.3 Å². The first-order valence-corrected chi connectivity index (χ1v) is 7.50. The number of rotatable bonds is 2. The fourth-order valence-corrected chi connectivity index (χ4v) is 4.63. The van der Waals surface area contributed by atoms with E-state index in [9.17, 15) is 15.3 Å². The predicted molar refractivity (Wildman–Crippen MR) is 70.8 cm³/mol. The van der Waals surface area contributed by atoms with Crippen molar-refractivity contribution in [3.05, 3.63) is 0 Å². The first-order valence-electron chi connectivity index (χ1n) is 6.56. The van der Waals surface area contributed by atoms with Gasteiger partial charge in [0.25, 0.3) is 0 Å². The topological polar surface area (TPSA) is 85.1 Å². The number of hydrogen-bond acceptors (Lipinski definition) is 6. The molecule has 4 N–H and O–H groups in total. The van der Waals surface area contributed by atoms with Crippen molar-refractivity contribution >= 4 is 17.6 Å². The smallest absolute Gasteiger partial charge is 0.105 e. The van der Waals surface area contributed by atoms with Crippen molar-refractivity contribution in [1.82, 2.24) is 5.32 Å². The zero-order chi connectivity index (χ0) is 12.9. The minimum Gasteiger partial charge on any atom is -0.392 e. The third-order valence-electron chi connectivity index (χ3n) is 4.18. The van der Waals surface area contributed by atoms with Crippen LogP contribution in [0.2, 0.25) is 0 Å². The summed E-state index contributed by atoms with van der Waals surface area (Å²) in [7, 11) is 1.82. The van der Waals surface area contributed by atoms with E-state index in [-0.39, 0.29) is 16.5 Å². The number of nitrogens with one attached hydrogen (secondary N) is 1. The van der Waals surface area contributed by atoms with E-state index in [1.807, 2.05) is 7.05 Å². The van der Waals surface area contributed by atoms with Crippen molar-refractivity contribution < 1.29 is 15.3 Å². The molecule has 1 unspecified atom stereocenters. The van der Waals surface area contributed by atoms with Crippen LogP contribution in [-0.4, -0.2) is 63.1 Å². The van der Waals surface area contributed by atoms with E-state index in [0.717, 1.165) is 25.1 Å². The lowest BCUT2D eigenvalue weighted by Crippen LogP contribution is -2.54. The summed E-state index contributed by atoms with van der Waals surface area (Å²) in [6.07, 6.45) is 0.608. The van der Waals surface area contributed by atoms with Gasteiger partial charge in [0.15, 0.2) is 0 Å². The van der Waals surface area contributed by atoms with Crippen LogP contribution >= 0.6 is 11.8 Å². The molecule has 0 aromatic carbocycles. The van der Waals surface area contributed by atoms with Gasteiger partial charge in [-0.1, -0.05) is 0 Å². The SMILES string of the molecule is CNC1=N[C@@H]2[C@@H](O)[C@H](O)C([C@@H](O)C3CC3)S[C@@H]2C1. The number of aliphatic imine (C=N–C) groups is 1. The Morgan fingerprint density at radius 2 is 2.06 bits per heavy atom. The number of fused-ring (bicyclic) bond motifs is 1. The van der Waals surface area contributed by atoms with Crippen molar-refractivity contribution in [2.24, 2.45) is 10.9 Å². The summed E-state index contributed by atoms with van der Waals surface area (Å²) in [5.74, 6) is 1.19. The molecule has 2 fully saturated rings. The van der Waals surface area contributed by atoms with E-state index in [1.54, 1.807) is 11.8 Å². The predicted octanol–water partition coefficient (Wildman–Crippen LogP) is -0.647. The molecule has 5 nitrogen and oxygen atoms in total. The number of amidine groups is 1. The molecule has 6 atom stereocenters. The molecule has 0 aromatic heterocycles. The molecule has 0 amide bonds. The first-order chi connectivity index (χ1) is 8.61. The highest BCUT2D eigenvalue weighted by atomic mass is 32.2. The molecular weight excluding hydrogens is 252 g/mol. The van der Waals surface area contributed by atoms with Gasteiger partial charge in [-0.15, -0.1) is 11.8 Å². The highest BCUT2D eigenvalue weighted by Crippen LogP contribution is 2.45. The second-order valence-electron chi connectivity index (χ2n) is 5.47. The Bertz CT molecular complexity index is 361. The Labute approximate surface area is 111 Å². The lowest BCUT2D eigenvalue weighted by Gasteiger charge is -2.40. The number of aliphatic hydroxyl groups is 3. The lowest BCUT2D eigenvalue weighted by molar-refractivity contribution is -0.0260. The van der Waals surface area contributed by atoms with Crippen LogP contribution in [0.1, 0.15) is 19.3 Å². The maximum atomic E-state index is 10.2. The first kappa shape index (κ1) is 12.7. The van der Waals surface area contributed by atoms with E-state index in [1.165, 1.54) is 0 Å². The van der Waals surface area contributed by atoms with E-state index < -0.39 is 18.3 Å². The van der Waals surface area contributed by atoms with Crippen LogP contribution in [0.5, 0.6) is 0 Å². The largest absolute Gasteiger partial charge is 0.392 e. The molecule has 18 heavy (non-hydrogen) atoms. The van der Waals surface area contributed by atoms with Gasteiger partial charge in [0.1, 0.15) is 6.10 Å². The normalized spacial score (nSPS) is 45.3. The second kappa shape index (κ2) is 4.67. The summed E-state index contributed by atoms with van der Waals surface area (Å²) in [4.78, 5) is 4.41. The van der Waals surface area contributed by atoms with Gasteiger partial charge in [0.05, 0.1) is 29.3 Å². The lowest BCUT2D eigenvalue weighted by atomic mass is 9.95. The third kappa shape index (κ3) is 2.05. The van der Waals surface area contributed by atoms with Gasteiger partial charge in [-0.05, 0) is 18.8 Å². The second-order valence-corrected chi connectivity index (χ2v) is 6.89. The zero-order valence-corrected chi connectivity index (χ0v) is 11.2. The summed E-state index contributed by atoms with van der Waals surface area (Å²) in [6.45, 7) is 0. The summed E-state index contributed by atoms with van der Waals surface area (Å²) >= 11 is 1.59. The van der Waals surface area contributed by atoms with Crippen LogP contribution in [0.4, 0.5) is 0 Å². The highest BCUT2D eigenvalue weighted by molar-refractivity contribution is 8.00. The fraction of sp³-hybridized carbons (Fsp3) is 0.917. The van der Waals surface area contributed by atoms with Crippen LogP contribution < -0.4 is 5.32 Å². The van der Waals surface area contributed by atoms with Crippen molar-refractivity contribution in [2.45, 2.75) is 54.1 Å². The van der Waals surface area contributed by atoms with Crippen molar-refractivity contribution in [2.75, 3.05) is 7.05 Å². The Morgan fingerprint density at radius 1 is 1.33 bits per heavy atom. The van der Waals surface area contributed by atoms with Gasteiger partial charge < -0.3 is 20.6 Å². The van der Waals surface area contributed by atoms with Gasteiger partial charge in [-0.25, -0.2) is 0 Å². The quantitative estimate of drug-likeness (QED) is 0.537. The molecule has 6 heteroatoms. The number of hydrogen-bond donors (Lipinski definition) is 4. The van der Waals surface area contributed by atoms with Crippen LogP contribution in [0, 0.1) is 5.92 Å². The van der Waals surface area contributed by atoms with E-state index in [0.29, 0.717) is 5.92 Å². The summed E-state index contributed by atoms with van der Waals surface area (Å²) in [6, 6.07) is -0.241. The molecule has 0 bridgehead atoms. The maximum Gasteiger partial charge on any atom is 0.105 e. The van der Waals surface area contributed by atoms with Gasteiger partial charge in [-0.2, -0.15) is 0 Å². The molecule has 1 saturated heterocycles. The summed E-state index contributed by atoms with van der Waals surface area (Å²) in [5.41, 5.74) is 0. The third-order valence-corrected chi connectivity index (χ3v) is 5.85. The van der Waals surface area contributed by atoms with Crippen LogP contribution in [0.3, 0.4) is 0 Å². The Morgan fingerprint density at radius 3 is 2.67 bits per heavy atom.